The molecule has 0 bridgehead atoms. The maximum Gasteiger partial charge on any atom is 0.221 e. The van der Waals surface area contributed by atoms with E-state index in [9.17, 15) is 9.90 Å². The number of phenolic OH excluding ortho intramolecular Hbond substituents is 1. The van der Waals surface area contributed by atoms with Crippen molar-refractivity contribution in [3.63, 3.8) is 0 Å². The molecule has 0 radical (unpaired) electrons. The number of benzene rings is 1. The number of amides is 1. The third kappa shape index (κ3) is 2.48. The normalized spacial score (nSPS) is 10.4. The van der Waals surface area contributed by atoms with Crippen LogP contribution in [0.3, 0.4) is 0 Å². The third-order valence-electron chi connectivity index (χ3n) is 1.55. The van der Waals surface area contributed by atoms with E-state index in [1.165, 1.54) is 19.1 Å². The Balaban J connectivity index is 2.94. The molecule has 0 aliphatic heterocycles. The molecule has 3 N–H and O–H groups in total. The summed E-state index contributed by atoms with van der Waals surface area (Å²) in [7, 11) is 0. The van der Waals surface area contributed by atoms with Gasteiger partial charge < -0.3 is 15.6 Å². The number of aromatic hydroxyl groups is 1. The van der Waals surface area contributed by atoms with Gasteiger partial charge in [-0.2, -0.15) is 0 Å². The van der Waals surface area contributed by atoms with Gasteiger partial charge in [-0.1, -0.05) is 5.16 Å². The molecule has 0 spiro atoms. The van der Waals surface area contributed by atoms with Crippen molar-refractivity contribution in [2.24, 2.45) is 5.16 Å². The van der Waals surface area contributed by atoms with Crippen LogP contribution < -0.4 is 5.32 Å². The number of hydrogen-bond donors (Lipinski definition) is 3. The van der Waals surface area contributed by atoms with Gasteiger partial charge in [0.2, 0.25) is 5.91 Å². The van der Waals surface area contributed by atoms with Gasteiger partial charge in [0.15, 0.2) is 0 Å². The number of anilines is 1. The smallest absolute Gasteiger partial charge is 0.221 e. The molecule has 0 heterocycles. The zero-order chi connectivity index (χ0) is 10.6. The molecule has 0 saturated heterocycles. The van der Waals surface area contributed by atoms with Crippen LogP contribution >= 0.6 is 0 Å². The molecule has 0 saturated carbocycles. The Morgan fingerprint density at radius 3 is 2.79 bits per heavy atom. The van der Waals surface area contributed by atoms with Crippen LogP contribution in [0.15, 0.2) is 23.4 Å². The van der Waals surface area contributed by atoms with Crippen LogP contribution in [0.1, 0.15) is 12.5 Å². The van der Waals surface area contributed by atoms with E-state index in [2.05, 4.69) is 10.5 Å². The highest BCUT2D eigenvalue weighted by Gasteiger charge is 2.01. The molecule has 0 aliphatic rings. The molecular weight excluding hydrogens is 184 g/mol. The zero-order valence-corrected chi connectivity index (χ0v) is 7.56. The van der Waals surface area contributed by atoms with Crippen molar-refractivity contribution in [2.75, 3.05) is 5.32 Å². The molecule has 0 aromatic heterocycles. The first-order valence-corrected chi connectivity index (χ1v) is 3.91. The van der Waals surface area contributed by atoms with E-state index in [-0.39, 0.29) is 11.7 Å². The molecule has 0 fully saturated rings. The topological polar surface area (TPSA) is 81.9 Å². The van der Waals surface area contributed by atoms with Gasteiger partial charge in [-0.25, -0.2) is 0 Å². The number of hydrogen-bond acceptors (Lipinski definition) is 4. The standard InChI is InChI=1S/C9H10N2O3/c1-6(12)11-8-3-2-7(5-10-14)9(13)4-8/h2-5,13-14H,1H3,(H,11,12)/b10-5+. The van der Waals surface area contributed by atoms with Gasteiger partial charge in [-0.15, -0.1) is 0 Å². The molecule has 1 aromatic carbocycles. The van der Waals surface area contributed by atoms with E-state index in [0.717, 1.165) is 6.21 Å². The minimum Gasteiger partial charge on any atom is -0.507 e. The molecule has 5 heteroatoms. The Labute approximate surface area is 80.7 Å². The first-order chi connectivity index (χ1) is 6.63. The molecule has 1 amide bonds. The van der Waals surface area contributed by atoms with E-state index < -0.39 is 0 Å². The lowest BCUT2D eigenvalue weighted by Crippen LogP contribution is -2.05. The van der Waals surface area contributed by atoms with Gasteiger partial charge in [-0.3, -0.25) is 4.79 Å². The second-order valence-electron chi connectivity index (χ2n) is 2.70. The summed E-state index contributed by atoms with van der Waals surface area (Å²) in [4.78, 5) is 10.7. The second-order valence-corrected chi connectivity index (χ2v) is 2.70. The lowest BCUT2D eigenvalue weighted by atomic mass is 10.2. The summed E-state index contributed by atoms with van der Waals surface area (Å²) in [5.74, 6) is -0.276. The Kier molecular flexibility index (Phi) is 3.06. The van der Waals surface area contributed by atoms with Crippen LogP contribution in [0.2, 0.25) is 0 Å². The predicted molar refractivity (Wildman–Crippen MR) is 51.8 cm³/mol. The predicted octanol–water partition coefficient (Wildman–Crippen LogP) is 1.16. The molecular formula is C9H10N2O3. The summed E-state index contributed by atoms with van der Waals surface area (Å²) < 4.78 is 0. The first kappa shape index (κ1) is 10.0. The summed E-state index contributed by atoms with van der Waals surface area (Å²) in [5, 5.41) is 22.9. The Bertz CT molecular complexity index is 374. The number of carbonyl (C=O) groups is 1. The van der Waals surface area contributed by atoms with Gasteiger partial charge in [0.25, 0.3) is 0 Å². The number of nitrogens with one attached hydrogen (secondary N) is 1. The van der Waals surface area contributed by atoms with Crippen molar-refractivity contribution >= 4 is 17.8 Å². The quantitative estimate of drug-likeness (QED) is 0.375. The fourth-order valence-electron chi connectivity index (χ4n) is 0.996. The van der Waals surface area contributed by atoms with Gasteiger partial charge >= 0.3 is 0 Å². The highest BCUT2D eigenvalue weighted by molar-refractivity contribution is 5.90. The second kappa shape index (κ2) is 4.27. The monoisotopic (exact) mass is 194 g/mol. The van der Waals surface area contributed by atoms with Crippen molar-refractivity contribution in [1.82, 2.24) is 0 Å². The molecule has 1 aromatic rings. The van der Waals surface area contributed by atoms with E-state index in [0.29, 0.717) is 11.3 Å². The number of nitrogens with zero attached hydrogens (tertiary/aromatic N) is 1. The van der Waals surface area contributed by atoms with Crippen molar-refractivity contribution in [3.8, 4) is 5.75 Å². The van der Waals surface area contributed by atoms with E-state index >= 15 is 0 Å². The van der Waals surface area contributed by atoms with Crippen LogP contribution in [0.25, 0.3) is 0 Å². The van der Waals surface area contributed by atoms with Crippen LogP contribution in [-0.4, -0.2) is 22.4 Å². The number of oxime groups is 1. The summed E-state index contributed by atoms with van der Waals surface area (Å²) in [6, 6.07) is 4.50. The highest BCUT2D eigenvalue weighted by atomic mass is 16.4. The number of rotatable bonds is 2. The summed E-state index contributed by atoms with van der Waals surface area (Å²) in [6.07, 6.45) is 1.10. The number of carbonyl (C=O) groups excluding carboxylic acids is 1. The molecule has 0 unspecified atom stereocenters. The molecule has 0 atom stereocenters. The first-order valence-electron chi connectivity index (χ1n) is 3.91. The lowest BCUT2D eigenvalue weighted by molar-refractivity contribution is -0.114. The molecule has 0 aliphatic carbocycles. The van der Waals surface area contributed by atoms with Crippen LogP contribution in [0.4, 0.5) is 5.69 Å². The molecule has 1 rings (SSSR count). The van der Waals surface area contributed by atoms with Gasteiger partial charge in [0.05, 0.1) is 6.21 Å². The van der Waals surface area contributed by atoms with Crippen LogP contribution in [0, 0.1) is 0 Å². The Morgan fingerprint density at radius 1 is 1.57 bits per heavy atom. The molecule has 74 valence electrons. The summed E-state index contributed by atoms with van der Waals surface area (Å²) in [6.45, 7) is 1.38. The van der Waals surface area contributed by atoms with Crippen molar-refractivity contribution < 1.29 is 15.1 Å². The molecule has 14 heavy (non-hydrogen) atoms. The average molecular weight is 194 g/mol. The third-order valence-corrected chi connectivity index (χ3v) is 1.55. The largest absolute Gasteiger partial charge is 0.507 e. The van der Waals surface area contributed by atoms with E-state index in [1.54, 1.807) is 6.07 Å². The summed E-state index contributed by atoms with van der Waals surface area (Å²) in [5.41, 5.74) is 0.867. The Morgan fingerprint density at radius 2 is 2.29 bits per heavy atom. The van der Waals surface area contributed by atoms with E-state index in [4.69, 9.17) is 5.21 Å². The Hall–Kier alpha value is -2.04. The molecule has 5 nitrogen and oxygen atoms in total. The maximum atomic E-state index is 10.7. The number of phenols is 1. The zero-order valence-electron chi connectivity index (χ0n) is 7.56. The van der Waals surface area contributed by atoms with E-state index in [1.807, 2.05) is 0 Å². The fourth-order valence-corrected chi connectivity index (χ4v) is 0.996. The maximum absolute atomic E-state index is 10.7. The van der Waals surface area contributed by atoms with Gasteiger partial charge in [0, 0.05) is 24.2 Å². The van der Waals surface area contributed by atoms with Crippen molar-refractivity contribution in [3.05, 3.63) is 23.8 Å². The van der Waals surface area contributed by atoms with Crippen LogP contribution in [-0.2, 0) is 4.79 Å². The van der Waals surface area contributed by atoms with Crippen molar-refractivity contribution in [1.29, 1.82) is 0 Å². The van der Waals surface area contributed by atoms with Gasteiger partial charge in [-0.05, 0) is 12.1 Å². The van der Waals surface area contributed by atoms with Crippen molar-refractivity contribution in [2.45, 2.75) is 6.92 Å². The fraction of sp³-hybridized carbons (Fsp3) is 0.111. The summed E-state index contributed by atoms with van der Waals surface area (Å²) >= 11 is 0. The SMILES string of the molecule is CC(=O)Nc1ccc(/C=N/O)c(O)c1. The van der Waals surface area contributed by atoms with Crippen LogP contribution in [0.5, 0.6) is 5.75 Å². The lowest BCUT2D eigenvalue weighted by Gasteiger charge is -2.03. The minimum atomic E-state index is -0.215. The minimum absolute atomic E-state index is 0.0611. The average Bonchev–Trinajstić information content (AvgIpc) is 2.09. The highest BCUT2D eigenvalue weighted by Crippen LogP contribution is 2.20. The van der Waals surface area contributed by atoms with Gasteiger partial charge in [0.1, 0.15) is 5.75 Å².